The number of Topliss-reactive ketones (excluding diaryl/α,β-unsaturated/α-hetero) is 1. The molecule has 0 radical (unpaired) electrons. The summed E-state index contributed by atoms with van der Waals surface area (Å²) in [6, 6.07) is 12.5. The first-order chi connectivity index (χ1) is 14.3. The first-order valence-corrected chi connectivity index (χ1v) is 9.77. The number of piperidine rings is 1. The Balaban J connectivity index is 1.51. The van der Waals surface area contributed by atoms with Gasteiger partial charge in [0.05, 0.1) is 18.8 Å². The molecule has 8 heteroatoms. The van der Waals surface area contributed by atoms with E-state index in [2.05, 4.69) is 9.64 Å². The van der Waals surface area contributed by atoms with E-state index in [1.165, 1.54) is 0 Å². The average molecular weight is 423 g/mol. The molecule has 30 heavy (non-hydrogen) atoms. The van der Waals surface area contributed by atoms with Crippen LogP contribution in [0.5, 0.6) is 5.75 Å². The van der Waals surface area contributed by atoms with E-state index in [-0.39, 0.29) is 17.6 Å². The zero-order chi connectivity index (χ0) is 21.3. The van der Waals surface area contributed by atoms with E-state index in [4.69, 9.17) is 4.74 Å². The van der Waals surface area contributed by atoms with Gasteiger partial charge in [-0.2, -0.15) is 0 Å². The van der Waals surface area contributed by atoms with Crippen LogP contribution >= 0.6 is 0 Å². The van der Waals surface area contributed by atoms with Crippen molar-refractivity contribution in [2.75, 3.05) is 13.2 Å². The summed E-state index contributed by atoms with van der Waals surface area (Å²) in [5, 5.41) is 0. The van der Waals surface area contributed by atoms with Gasteiger partial charge < -0.3 is 9.47 Å². The molecule has 160 valence electrons. The third kappa shape index (κ3) is 4.65. The van der Waals surface area contributed by atoms with Crippen molar-refractivity contribution in [3.8, 4) is 5.75 Å². The second kappa shape index (κ2) is 8.35. The molecule has 2 bridgehead atoms. The minimum atomic E-state index is -4.91. The highest BCUT2D eigenvalue weighted by Gasteiger charge is 2.42. The molecule has 2 atom stereocenters. The summed E-state index contributed by atoms with van der Waals surface area (Å²) in [6.07, 6.45) is -3.98. The Morgan fingerprint density at radius 3 is 2.37 bits per heavy atom. The predicted molar refractivity (Wildman–Crippen MR) is 101 cm³/mol. The van der Waals surface area contributed by atoms with Crippen molar-refractivity contribution in [3.63, 3.8) is 0 Å². The van der Waals surface area contributed by atoms with Crippen LogP contribution in [0.2, 0.25) is 0 Å². The third-order valence-electron chi connectivity index (χ3n) is 5.69. The smallest absolute Gasteiger partial charge is 0.406 e. The minimum absolute atomic E-state index is 0.00988. The Morgan fingerprint density at radius 1 is 1.07 bits per heavy atom. The first kappa shape index (κ1) is 20.8. The van der Waals surface area contributed by atoms with E-state index in [9.17, 15) is 22.4 Å². The molecule has 0 aliphatic carbocycles. The molecule has 2 unspecified atom stereocenters. The molecule has 2 aliphatic heterocycles. The molecule has 2 aromatic rings. The zero-order valence-electron chi connectivity index (χ0n) is 16.1. The predicted octanol–water partition coefficient (Wildman–Crippen LogP) is 4.59. The number of nitrogens with zero attached hydrogens (tertiary/aromatic N) is 1. The van der Waals surface area contributed by atoms with Gasteiger partial charge in [0.25, 0.3) is 0 Å². The average Bonchev–Trinajstić information content (AvgIpc) is 2.68. The topological polar surface area (TPSA) is 38.8 Å². The number of fused-ring (bicyclic) bond motifs is 2. The molecule has 0 spiro atoms. The number of halogens is 4. The Morgan fingerprint density at radius 2 is 1.73 bits per heavy atom. The number of benzene rings is 2. The van der Waals surface area contributed by atoms with Crippen molar-refractivity contribution in [3.05, 3.63) is 65.5 Å². The molecule has 2 heterocycles. The SMILES string of the molecule is O=C(c1cc(OC(F)(F)F)ccc1F)C1CC2COCC(C1)N2Cc1ccccc1. The second-order valence-electron chi connectivity index (χ2n) is 7.73. The van der Waals surface area contributed by atoms with Gasteiger partial charge in [0.15, 0.2) is 5.78 Å². The summed E-state index contributed by atoms with van der Waals surface area (Å²) in [6.45, 7) is 1.66. The molecule has 2 aromatic carbocycles. The van der Waals surface area contributed by atoms with Gasteiger partial charge >= 0.3 is 6.36 Å². The number of ether oxygens (including phenoxy) is 2. The van der Waals surface area contributed by atoms with Crippen LogP contribution in [0, 0.1) is 11.7 Å². The van der Waals surface area contributed by atoms with Crippen molar-refractivity contribution in [2.45, 2.75) is 37.8 Å². The number of alkyl halides is 3. The first-order valence-electron chi connectivity index (χ1n) is 9.77. The largest absolute Gasteiger partial charge is 0.573 e. The maximum absolute atomic E-state index is 14.3. The summed E-state index contributed by atoms with van der Waals surface area (Å²) in [7, 11) is 0. The number of hydrogen-bond donors (Lipinski definition) is 0. The van der Waals surface area contributed by atoms with Crippen LogP contribution in [0.15, 0.2) is 48.5 Å². The summed E-state index contributed by atoms with van der Waals surface area (Å²) in [4.78, 5) is 15.3. The molecule has 2 fully saturated rings. The van der Waals surface area contributed by atoms with Gasteiger partial charge in [-0.25, -0.2) is 4.39 Å². The van der Waals surface area contributed by atoms with Gasteiger partial charge in [0.2, 0.25) is 0 Å². The van der Waals surface area contributed by atoms with Crippen LogP contribution in [-0.4, -0.2) is 42.3 Å². The van der Waals surface area contributed by atoms with Gasteiger partial charge in [-0.1, -0.05) is 30.3 Å². The lowest BCUT2D eigenvalue weighted by atomic mass is 9.80. The maximum atomic E-state index is 14.3. The molecule has 2 aliphatic rings. The lowest BCUT2D eigenvalue weighted by Gasteiger charge is -2.48. The number of morpholine rings is 1. The normalized spacial score (nSPS) is 24.5. The number of ketones is 1. The van der Waals surface area contributed by atoms with Gasteiger partial charge in [-0.3, -0.25) is 9.69 Å². The monoisotopic (exact) mass is 423 g/mol. The van der Waals surface area contributed by atoms with Crippen molar-refractivity contribution in [2.24, 2.45) is 5.92 Å². The van der Waals surface area contributed by atoms with Crippen molar-refractivity contribution < 1.29 is 31.8 Å². The fourth-order valence-electron chi connectivity index (χ4n) is 4.37. The lowest BCUT2D eigenvalue weighted by molar-refractivity contribution is -0.274. The zero-order valence-corrected chi connectivity index (χ0v) is 16.1. The summed E-state index contributed by atoms with van der Waals surface area (Å²) in [5.74, 6) is -2.41. The molecule has 0 N–H and O–H groups in total. The van der Waals surface area contributed by atoms with Gasteiger partial charge in [0, 0.05) is 24.5 Å². The molecular formula is C22H21F4NO3. The number of carbonyl (C=O) groups excluding carboxylic acids is 1. The Hall–Kier alpha value is -2.45. The van der Waals surface area contributed by atoms with Crippen molar-refractivity contribution in [1.82, 2.24) is 4.90 Å². The Kier molecular flexibility index (Phi) is 5.79. The highest BCUT2D eigenvalue weighted by Crippen LogP contribution is 2.36. The standard InChI is InChI=1S/C22H21F4NO3/c23-20-7-6-18(30-22(24,25)26)10-19(20)21(28)15-8-16-12-29-13-17(9-15)27(16)11-14-4-2-1-3-5-14/h1-7,10,15-17H,8-9,11-13H2. The third-order valence-corrected chi connectivity index (χ3v) is 5.69. The molecule has 4 rings (SSSR count). The van der Waals surface area contributed by atoms with Gasteiger partial charge in [-0.15, -0.1) is 13.2 Å². The highest BCUT2D eigenvalue weighted by molar-refractivity contribution is 5.98. The van der Waals surface area contributed by atoms with Crippen LogP contribution in [-0.2, 0) is 11.3 Å². The molecule has 2 saturated heterocycles. The van der Waals surface area contributed by atoms with Crippen LogP contribution in [0.3, 0.4) is 0 Å². The Bertz CT molecular complexity index is 889. The fraction of sp³-hybridized carbons (Fsp3) is 0.409. The number of carbonyl (C=O) groups is 1. The van der Waals surface area contributed by atoms with Crippen LogP contribution < -0.4 is 4.74 Å². The van der Waals surface area contributed by atoms with Crippen LogP contribution in [0.25, 0.3) is 0 Å². The molecular weight excluding hydrogens is 402 g/mol. The van der Waals surface area contributed by atoms with E-state index < -0.39 is 29.6 Å². The highest BCUT2D eigenvalue weighted by atomic mass is 19.4. The lowest BCUT2D eigenvalue weighted by Crippen LogP contribution is -2.57. The fourth-order valence-corrected chi connectivity index (χ4v) is 4.37. The summed E-state index contributed by atoms with van der Waals surface area (Å²) < 4.78 is 61.2. The van der Waals surface area contributed by atoms with Crippen LogP contribution in [0.4, 0.5) is 17.6 Å². The van der Waals surface area contributed by atoms with E-state index in [0.29, 0.717) is 26.1 Å². The number of rotatable bonds is 5. The number of hydrogen-bond acceptors (Lipinski definition) is 4. The maximum Gasteiger partial charge on any atom is 0.573 e. The molecule has 4 nitrogen and oxygen atoms in total. The van der Waals surface area contributed by atoms with Gasteiger partial charge in [0.1, 0.15) is 11.6 Å². The van der Waals surface area contributed by atoms with E-state index in [1.54, 1.807) is 0 Å². The van der Waals surface area contributed by atoms with E-state index in [1.807, 2.05) is 30.3 Å². The quantitative estimate of drug-likeness (QED) is 0.521. The second-order valence-corrected chi connectivity index (χ2v) is 7.73. The van der Waals surface area contributed by atoms with E-state index in [0.717, 1.165) is 30.3 Å². The van der Waals surface area contributed by atoms with E-state index >= 15 is 0 Å². The minimum Gasteiger partial charge on any atom is -0.406 e. The summed E-state index contributed by atoms with van der Waals surface area (Å²) in [5.41, 5.74) is 0.791. The van der Waals surface area contributed by atoms with Crippen molar-refractivity contribution in [1.29, 1.82) is 0 Å². The molecule has 0 saturated carbocycles. The van der Waals surface area contributed by atoms with Crippen LogP contribution in [0.1, 0.15) is 28.8 Å². The summed E-state index contributed by atoms with van der Waals surface area (Å²) >= 11 is 0. The van der Waals surface area contributed by atoms with Crippen molar-refractivity contribution >= 4 is 5.78 Å². The van der Waals surface area contributed by atoms with Gasteiger partial charge in [-0.05, 0) is 36.6 Å². The Labute approximate surface area is 171 Å². The molecule has 0 aromatic heterocycles. The molecule has 0 amide bonds.